The first-order chi connectivity index (χ1) is 8.51. The van der Waals surface area contributed by atoms with E-state index in [0.29, 0.717) is 18.6 Å². The van der Waals surface area contributed by atoms with Crippen molar-refractivity contribution in [3.05, 3.63) is 17.8 Å². The van der Waals surface area contributed by atoms with Crippen molar-refractivity contribution in [2.24, 2.45) is 0 Å². The van der Waals surface area contributed by atoms with E-state index in [2.05, 4.69) is 4.98 Å². The quantitative estimate of drug-likeness (QED) is 0.832. The number of amides is 1. The zero-order valence-corrected chi connectivity index (χ0v) is 10.8. The van der Waals surface area contributed by atoms with Gasteiger partial charge in [-0.15, -0.1) is 0 Å². The Morgan fingerprint density at radius 3 is 2.67 bits per heavy atom. The second-order valence-corrected chi connectivity index (χ2v) is 4.06. The summed E-state index contributed by atoms with van der Waals surface area (Å²) in [4.78, 5) is 28.3. The van der Waals surface area contributed by atoms with Crippen molar-refractivity contribution in [2.45, 2.75) is 39.7 Å². The van der Waals surface area contributed by atoms with Gasteiger partial charge in [0, 0.05) is 12.5 Å². The molecule has 0 aromatic carbocycles. The second kappa shape index (κ2) is 6.18. The molecule has 0 bridgehead atoms. The highest BCUT2D eigenvalue weighted by molar-refractivity contribution is 5.95. The number of hydrogen-bond donors (Lipinski definition) is 1. The van der Waals surface area contributed by atoms with E-state index >= 15 is 0 Å². The fraction of sp³-hybridized carbons (Fsp3) is 0.583. The van der Waals surface area contributed by atoms with Crippen molar-refractivity contribution in [3.8, 4) is 0 Å². The van der Waals surface area contributed by atoms with Gasteiger partial charge in [0.25, 0.3) is 5.91 Å². The van der Waals surface area contributed by atoms with Gasteiger partial charge in [0.05, 0.1) is 0 Å². The molecule has 0 aliphatic carbocycles. The maximum Gasteiger partial charge on any atom is 0.323 e. The first-order valence-electron chi connectivity index (χ1n) is 5.96. The lowest BCUT2D eigenvalue weighted by atomic mass is 10.2. The van der Waals surface area contributed by atoms with Crippen molar-refractivity contribution in [1.29, 1.82) is 0 Å². The molecule has 18 heavy (non-hydrogen) atoms. The standard InChI is InChI=1S/C12H18N2O4/c1-4-8(3)14(6-10(15)16)12(17)11-9(5-2)18-7-13-11/h7-8H,4-6H2,1-3H3,(H,15,16). The van der Waals surface area contributed by atoms with E-state index in [1.165, 1.54) is 11.3 Å². The number of carbonyl (C=O) groups excluding carboxylic acids is 1. The van der Waals surface area contributed by atoms with Gasteiger partial charge < -0.3 is 14.4 Å². The van der Waals surface area contributed by atoms with Gasteiger partial charge in [-0.1, -0.05) is 13.8 Å². The van der Waals surface area contributed by atoms with Crippen molar-refractivity contribution in [3.63, 3.8) is 0 Å². The Kier molecular flexibility index (Phi) is 4.88. The molecule has 1 atom stereocenters. The molecule has 1 amide bonds. The summed E-state index contributed by atoms with van der Waals surface area (Å²) in [6.45, 7) is 5.23. The number of aliphatic carboxylic acids is 1. The van der Waals surface area contributed by atoms with Crippen LogP contribution in [0.4, 0.5) is 0 Å². The molecule has 1 heterocycles. The molecule has 1 N–H and O–H groups in total. The number of nitrogens with zero attached hydrogens (tertiary/aromatic N) is 2. The summed E-state index contributed by atoms with van der Waals surface area (Å²) < 4.78 is 5.10. The first kappa shape index (κ1) is 14.2. The lowest BCUT2D eigenvalue weighted by molar-refractivity contribution is -0.138. The van der Waals surface area contributed by atoms with Crippen LogP contribution >= 0.6 is 0 Å². The van der Waals surface area contributed by atoms with E-state index in [0.717, 1.165) is 0 Å². The van der Waals surface area contributed by atoms with E-state index in [1.807, 2.05) is 20.8 Å². The average molecular weight is 254 g/mol. The van der Waals surface area contributed by atoms with E-state index in [-0.39, 0.29) is 18.3 Å². The topological polar surface area (TPSA) is 83.6 Å². The van der Waals surface area contributed by atoms with Gasteiger partial charge in [-0.2, -0.15) is 0 Å². The number of aromatic nitrogens is 1. The lowest BCUT2D eigenvalue weighted by Gasteiger charge is -2.26. The van der Waals surface area contributed by atoms with Crippen molar-refractivity contribution in [2.75, 3.05) is 6.54 Å². The van der Waals surface area contributed by atoms with Crippen LogP contribution < -0.4 is 0 Å². The Morgan fingerprint density at radius 1 is 1.50 bits per heavy atom. The number of hydrogen-bond acceptors (Lipinski definition) is 4. The zero-order chi connectivity index (χ0) is 13.7. The van der Waals surface area contributed by atoms with Gasteiger partial charge in [0.1, 0.15) is 12.3 Å². The van der Waals surface area contributed by atoms with Crippen LogP contribution in [-0.2, 0) is 11.2 Å². The Hall–Kier alpha value is -1.85. The largest absolute Gasteiger partial charge is 0.480 e. The van der Waals surface area contributed by atoms with Crippen LogP contribution in [0.1, 0.15) is 43.4 Å². The van der Waals surface area contributed by atoms with Crippen molar-refractivity contribution < 1.29 is 19.1 Å². The van der Waals surface area contributed by atoms with Crippen LogP contribution in [0.2, 0.25) is 0 Å². The summed E-state index contributed by atoms with van der Waals surface area (Å²) in [6, 6.07) is -0.157. The van der Waals surface area contributed by atoms with Crippen LogP contribution in [0.5, 0.6) is 0 Å². The molecule has 1 aromatic heterocycles. The Labute approximate surface area is 106 Å². The fourth-order valence-corrected chi connectivity index (χ4v) is 1.63. The third-order valence-corrected chi connectivity index (χ3v) is 2.85. The van der Waals surface area contributed by atoms with E-state index in [9.17, 15) is 9.59 Å². The minimum atomic E-state index is -1.04. The highest BCUT2D eigenvalue weighted by Crippen LogP contribution is 2.14. The molecular weight excluding hydrogens is 236 g/mol. The summed E-state index contributed by atoms with van der Waals surface area (Å²) in [6.07, 6.45) is 2.43. The summed E-state index contributed by atoms with van der Waals surface area (Å²) in [5, 5.41) is 8.86. The number of oxazole rings is 1. The molecule has 0 spiro atoms. The number of aryl methyl sites for hydroxylation is 1. The minimum absolute atomic E-state index is 0.157. The minimum Gasteiger partial charge on any atom is -0.480 e. The first-order valence-corrected chi connectivity index (χ1v) is 5.96. The lowest BCUT2D eigenvalue weighted by Crippen LogP contribution is -2.42. The molecule has 0 fully saturated rings. The van der Waals surface area contributed by atoms with E-state index < -0.39 is 11.9 Å². The molecular formula is C12H18N2O4. The number of rotatable bonds is 6. The predicted molar refractivity (Wildman–Crippen MR) is 64.3 cm³/mol. The van der Waals surface area contributed by atoms with Crippen LogP contribution in [0.15, 0.2) is 10.8 Å². The predicted octanol–water partition coefficient (Wildman–Crippen LogP) is 1.56. The second-order valence-electron chi connectivity index (χ2n) is 4.06. The third-order valence-electron chi connectivity index (χ3n) is 2.85. The van der Waals surface area contributed by atoms with Gasteiger partial charge in [-0.05, 0) is 13.3 Å². The Balaban J connectivity index is 2.98. The summed E-state index contributed by atoms with van der Waals surface area (Å²) >= 11 is 0. The van der Waals surface area contributed by atoms with Gasteiger partial charge in [0.15, 0.2) is 12.1 Å². The average Bonchev–Trinajstić information content (AvgIpc) is 2.82. The van der Waals surface area contributed by atoms with Crippen LogP contribution in [0, 0.1) is 0 Å². The summed E-state index contributed by atoms with van der Waals surface area (Å²) in [7, 11) is 0. The molecule has 0 saturated carbocycles. The number of carbonyl (C=O) groups is 2. The zero-order valence-electron chi connectivity index (χ0n) is 10.8. The molecule has 1 aromatic rings. The van der Waals surface area contributed by atoms with Gasteiger partial charge in [-0.25, -0.2) is 4.98 Å². The fourth-order valence-electron chi connectivity index (χ4n) is 1.63. The van der Waals surface area contributed by atoms with E-state index in [1.54, 1.807) is 0 Å². The molecule has 1 unspecified atom stereocenters. The van der Waals surface area contributed by atoms with Crippen molar-refractivity contribution in [1.82, 2.24) is 9.88 Å². The van der Waals surface area contributed by atoms with Gasteiger partial charge >= 0.3 is 5.97 Å². The monoisotopic (exact) mass is 254 g/mol. The summed E-state index contributed by atoms with van der Waals surface area (Å²) in [5.74, 6) is -0.943. The molecule has 0 aliphatic rings. The number of carboxylic acids is 1. The van der Waals surface area contributed by atoms with Crippen molar-refractivity contribution >= 4 is 11.9 Å². The smallest absolute Gasteiger partial charge is 0.323 e. The molecule has 0 radical (unpaired) electrons. The Morgan fingerprint density at radius 2 is 2.17 bits per heavy atom. The van der Waals surface area contributed by atoms with Crippen LogP contribution in [-0.4, -0.2) is 39.5 Å². The molecule has 0 saturated heterocycles. The van der Waals surface area contributed by atoms with Crippen LogP contribution in [0.3, 0.4) is 0 Å². The van der Waals surface area contributed by atoms with Gasteiger partial charge in [0.2, 0.25) is 0 Å². The molecule has 100 valence electrons. The maximum absolute atomic E-state index is 12.3. The molecule has 0 aliphatic heterocycles. The molecule has 6 heteroatoms. The van der Waals surface area contributed by atoms with E-state index in [4.69, 9.17) is 9.52 Å². The molecule has 6 nitrogen and oxygen atoms in total. The van der Waals surface area contributed by atoms with Gasteiger partial charge in [-0.3, -0.25) is 9.59 Å². The number of carboxylic acid groups (broad SMARTS) is 1. The maximum atomic E-state index is 12.3. The summed E-state index contributed by atoms with van der Waals surface area (Å²) in [5.41, 5.74) is 0.207. The molecule has 1 rings (SSSR count). The SMILES string of the molecule is CCc1ocnc1C(=O)N(CC(=O)O)C(C)CC. The Bertz CT molecular complexity index is 427. The third kappa shape index (κ3) is 3.09. The highest BCUT2D eigenvalue weighted by Gasteiger charge is 2.26. The van der Waals surface area contributed by atoms with Crippen LogP contribution in [0.25, 0.3) is 0 Å². The normalized spacial score (nSPS) is 12.2. The highest BCUT2D eigenvalue weighted by atomic mass is 16.4.